The number of amidine groups is 1. The number of hydrogen-bond donors (Lipinski definition) is 2. The maximum atomic E-state index is 7.38. The summed E-state index contributed by atoms with van der Waals surface area (Å²) >= 11 is 13.7. The molecule has 6 heteroatoms. The summed E-state index contributed by atoms with van der Waals surface area (Å²) in [6, 6.07) is 13.2. The molecule has 3 N–H and O–H groups in total. The first kappa shape index (κ1) is 15.0. The third-order valence-corrected chi connectivity index (χ3v) is 4.67. The number of nitrogens with one attached hydrogen (secondary N) is 1. The standard InChI is InChI=1S/C16H11Cl2N3S/c17-11-5-10(6-12(18)7-11)14-3-4-15(22-14)13-2-1-9(8-21-13)16(19)20/h1-8H,(H3,19,20). The Morgan fingerprint density at radius 3 is 2.27 bits per heavy atom. The van der Waals surface area contributed by atoms with Crippen LogP contribution in [-0.4, -0.2) is 10.8 Å². The van der Waals surface area contributed by atoms with Crippen LogP contribution in [0.3, 0.4) is 0 Å². The van der Waals surface area contributed by atoms with Gasteiger partial charge in [-0.25, -0.2) is 0 Å². The molecular formula is C16H11Cl2N3S. The molecule has 0 spiro atoms. The monoisotopic (exact) mass is 347 g/mol. The van der Waals surface area contributed by atoms with E-state index >= 15 is 0 Å². The van der Waals surface area contributed by atoms with Crippen LogP contribution in [0.15, 0.2) is 48.7 Å². The Kier molecular flexibility index (Phi) is 4.16. The molecule has 3 aromatic rings. The van der Waals surface area contributed by atoms with Crippen LogP contribution in [0.1, 0.15) is 5.56 Å². The topological polar surface area (TPSA) is 62.8 Å². The minimum absolute atomic E-state index is 0.0134. The van der Waals surface area contributed by atoms with Crippen LogP contribution in [0, 0.1) is 5.41 Å². The molecule has 110 valence electrons. The second-order valence-electron chi connectivity index (χ2n) is 4.67. The van der Waals surface area contributed by atoms with Crippen LogP contribution in [0.5, 0.6) is 0 Å². The summed E-state index contributed by atoms with van der Waals surface area (Å²) in [6.07, 6.45) is 1.60. The molecule has 1 aromatic carbocycles. The number of nitrogens with zero attached hydrogens (tertiary/aromatic N) is 1. The van der Waals surface area contributed by atoms with Crippen molar-refractivity contribution in [3.63, 3.8) is 0 Å². The van der Waals surface area contributed by atoms with Crippen molar-refractivity contribution < 1.29 is 0 Å². The van der Waals surface area contributed by atoms with Gasteiger partial charge in [-0.05, 0) is 48.0 Å². The van der Waals surface area contributed by atoms with Gasteiger partial charge in [0.2, 0.25) is 0 Å². The average Bonchev–Trinajstić information content (AvgIpc) is 2.96. The van der Waals surface area contributed by atoms with Crippen molar-refractivity contribution in [2.75, 3.05) is 0 Å². The Labute approximate surface area is 141 Å². The number of pyridine rings is 1. The van der Waals surface area contributed by atoms with E-state index in [1.807, 2.05) is 30.3 Å². The van der Waals surface area contributed by atoms with Gasteiger partial charge >= 0.3 is 0 Å². The largest absolute Gasteiger partial charge is 0.384 e. The molecule has 2 heterocycles. The number of rotatable bonds is 3. The molecule has 0 fully saturated rings. The van der Waals surface area contributed by atoms with Gasteiger partial charge in [0.05, 0.1) is 10.6 Å². The summed E-state index contributed by atoms with van der Waals surface area (Å²) in [6.45, 7) is 0. The first-order chi connectivity index (χ1) is 10.5. The van der Waals surface area contributed by atoms with Crippen LogP contribution >= 0.6 is 34.5 Å². The second-order valence-corrected chi connectivity index (χ2v) is 6.62. The number of aromatic nitrogens is 1. The van der Waals surface area contributed by atoms with E-state index in [0.29, 0.717) is 15.6 Å². The Morgan fingerprint density at radius 1 is 1.00 bits per heavy atom. The van der Waals surface area contributed by atoms with E-state index in [1.54, 1.807) is 29.7 Å². The quantitative estimate of drug-likeness (QED) is 0.513. The van der Waals surface area contributed by atoms with Gasteiger partial charge in [-0.15, -0.1) is 11.3 Å². The molecule has 0 atom stereocenters. The first-order valence-corrected chi connectivity index (χ1v) is 7.97. The fourth-order valence-electron chi connectivity index (χ4n) is 2.03. The zero-order valence-corrected chi connectivity index (χ0v) is 13.6. The lowest BCUT2D eigenvalue weighted by Crippen LogP contribution is -2.10. The third kappa shape index (κ3) is 3.14. The minimum atomic E-state index is 0.0134. The van der Waals surface area contributed by atoms with Crippen LogP contribution in [0.25, 0.3) is 21.0 Å². The third-order valence-electron chi connectivity index (χ3n) is 3.08. The lowest BCUT2D eigenvalue weighted by molar-refractivity contribution is 1.30. The van der Waals surface area contributed by atoms with Gasteiger partial charge in [0.25, 0.3) is 0 Å². The highest BCUT2D eigenvalue weighted by Crippen LogP contribution is 2.35. The van der Waals surface area contributed by atoms with Gasteiger partial charge in [-0.2, -0.15) is 0 Å². The Hall–Kier alpha value is -1.88. The Bertz CT molecular complexity index is 821. The number of nitrogens with two attached hydrogens (primary N) is 1. The summed E-state index contributed by atoms with van der Waals surface area (Å²) < 4.78 is 0. The van der Waals surface area contributed by atoms with Crippen molar-refractivity contribution >= 4 is 40.4 Å². The van der Waals surface area contributed by atoms with Crippen LogP contribution in [0.4, 0.5) is 0 Å². The molecule has 3 rings (SSSR count). The number of benzene rings is 1. The zero-order valence-electron chi connectivity index (χ0n) is 11.3. The van der Waals surface area contributed by atoms with Crippen molar-refractivity contribution in [1.82, 2.24) is 4.98 Å². The molecule has 3 nitrogen and oxygen atoms in total. The maximum Gasteiger partial charge on any atom is 0.124 e. The molecule has 0 bridgehead atoms. The normalized spacial score (nSPS) is 10.6. The van der Waals surface area contributed by atoms with Crippen molar-refractivity contribution in [1.29, 1.82) is 5.41 Å². The lowest BCUT2D eigenvalue weighted by Gasteiger charge is -2.01. The van der Waals surface area contributed by atoms with Gasteiger partial charge in [0.15, 0.2) is 0 Å². The zero-order chi connectivity index (χ0) is 15.7. The van der Waals surface area contributed by atoms with Gasteiger partial charge in [0.1, 0.15) is 5.84 Å². The summed E-state index contributed by atoms with van der Waals surface area (Å²) in [5.41, 5.74) is 7.87. The summed E-state index contributed by atoms with van der Waals surface area (Å²) in [5, 5.41) is 8.61. The lowest BCUT2D eigenvalue weighted by atomic mass is 10.2. The molecule has 0 saturated carbocycles. The van der Waals surface area contributed by atoms with E-state index in [9.17, 15) is 0 Å². The Balaban J connectivity index is 1.94. The van der Waals surface area contributed by atoms with Crippen molar-refractivity contribution in [2.45, 2.75) is 0 Å². The van der Waals surface area contributed by atoms with Gasteiger partial charge < -0.3 is 5.73 Å². The number of halogens is 2. The first-order valence-electron chi connectivity index (χ1n) is 6.40. The van der Waals surface area contributed by atoms with Gasteiger partial charge in [-0.3, -0.25) is 10.4 Å². The van der Waals surface area contributed by atoms with Crippen LogP contribution < -0.4 is 5.73 Å². The van der Waals surface area contributed by atoms with E-state index in [1.165, 1.54) is 0 Å². The number of nitrogen functional groups attached to an aromatic ring is 1. The van der Waals surface area contributed by atoms with E-state index in [2.05, 4.69) is 4.98 Å². The molecule has 0 amide bonds. The molecule has 0 aliphatic rings. The summed E-state index contributed by atoms with van der Waals surface area (Å²) in [4.78, 5) is 6.45. The molecule has 0 aliphatic carbocycles. The smallest absolute Gasteiger partial charge is 0.124 e. The number of thiophene rings is 1. The average molecular weight is 348 g/mol. The van der Waals surface area contributed by atoms with Crippen molar-refractivity contribution in [3.8, 4) is 21.0 Å². The van der Waals surface area contributed by atoms with E-state index in [4.69, 9.17) is 34.3 Å². The SMILES string of the molecule is N=C(N)c1ccc(-c2ccc(-c3cc(Cl)cc(Cl)c3)s2)nc1. The fourth-order valence-corrected chi connectivity index (χ4v) is 3.52. The van der Waals surface area contributed by atoms with Crippen LogP contribution in [0.2, 0.25) is 10.0 Å². The fraction of sp³-hybridized carbons (Fsp3) is 0. The predicted molar refractivity (Wildman–Crippen MR) is 94.0 cm³/mol. The van der Waals surface area contributed by atoms with Crippen molar-refractivity contribution in [2.24, 2.45) is 5.73 Å². The van der Waals surface area contributed by atoms with E-state index in [0.717, 1.165) is 21.0 Å². The predicted octanol–water partition coefficient (Wildman–Crippen LogP) is 5.07. The number of hydrogen-bond acceptors (Lipinski definition) is 3. The molecule has 22 heavy (non-hydrogen) atoms. The van der Waals surface area contributed by atoms with E-state index in [-0.39, 0.29) is 5.84 Å². The molecule has 0 aliphatic heterocycles. The highest BCUT2D eigenvalue weighted by atomic mass is 35.5. The molecule has 0 unspecified atom stereocenters. The maximum absolute atomic E-state index is 7.38. The highest BCUT2D eigenvalue weighted by molar-refractivity contribution is 7.18. The highest BCUT2D eigenvalue weighted by Gasteiger charge is 2.08. The van der Waals surface area contributed by atoms with Crippen LogP contribution in [-0.2, 0) is 0 Å². The molecule has 2 aromatic heterocycles. The Morgan fingerprint density at radius 2 is 1.68 bits per heavy atom. The second kappa shape index (κ2) is 6.08. The summed E-state index contributed by atoms with van der Waals surface area (Å²) in [7, 11) is 0. The summed E-state index contributed by atoms with van der Waals surface area (Å²) in [5.74, 6) is 0.0134. The minimum Gasteiger partial charge on any atom is -0.384 e. The van der Waals surface area contributed by atoms with E-state index < -0.39 is 0 Å². The van der Waals surface area contributed by atoms with Gasteiger partial charge in [-0.1, -0.05) is 23.2 Å². The van der Waals surface area contributed by atoms with Gasteiger partial charge in [0, 0.05) is 26.7 Å². The molecule has 0 radical (unpaired) electrons. The molecular weight excluding hydrogens is 337 g/mol. The molecule has 0 saturated heterocycles. The van der Waals surface area contributed by atoms with Crippen molar-refractivity contribution in [3.05, 3.63) is 64.3 Å².